The van der Waals surface area contributed by atoms with Gasteiger partial charge in [-0.3, -0.25) is 9.36 Å². The number of nitrogens with zero attached hydrogens (tertiary/aromatic N) is 3. The van der Waals surface area contributed by atoms with E-state index in [1.807, 2.05) is 0 Å². The van der Waals surface area contributed by atoms with E-state index in [1.54, 1.807) is 44.2 Å². The van der Waals surface area contributed by atoms with Crippen molar-refractivity contribution in [1.29, 1.82) is 0 Å². The molecular formula is C22H18Cl2F3N3O2S. The Bertz CT molecular complexity index is 1200. The Kier molecular flexibility index (Phi) is 6.66. The molecule has 3 aromatic rings. The van der Waals surface area contributed by atoms with Gasteiger partial charge in [0.2, 0.25) is 5.82 Å². The largest absolute Gasteiger partial charge is 0.463 e. The Morgan fingerprint density at radius 2 is 1.88 bits per heavy atom. The summed E-state index contributed by atoms with van der Waals surface area (Å²) in [5, 5.41) is 6.79. The van der Waals surface area contributed by atoms with Crippen molar-refractivity contribution in [2.45, 2.75) is 43.0 Å². The summed E-state index contributed by atoms with van der Waals surface area (Å²) < 4.78 is 47.9. The fourth-order valence-corrected chi connectivity index (χ4v) is 5.71. The third kappa shape index (κ3) is 4.85. The lowest BCUT2D eigenvalue weighted by atomic mass is 10.0. The molecule has 11 heteroatoms. The monoisotopic (exact) mass is 515 g/mol. The second kappa shape index (κ2) is 9.19. The molecule has 0 amide bonds. The molecular weight excluding hydrogens is 498 g/mol. The molecule has 5 nitrogen and oxygen atoms in total. The zero-order chi connectivity index (χ0) is 23.9. The van der Waals surface area contributed by atoms with Gasteiger partial charge in [-0.15, -0.1) is 22.0 Å². The van der Waals surface area contributed by atoms with E-state index in [1.165, 1.54) is 23.9 Å². The molecule has 2 atom stereocenters. The van der Waals surface area contributed by atoms with Gasteiger partial charge >= 0.3 is 12.1 Å². The van der Waals surface area contributed by atoms with Crippen molar-refractivity contribution >= 4 is 40.9 Å². The number of ether oxygens (including phenoxy) is 1. The first-order valence-electron chi connectivity index (χ1n) is 9.98. The molecule has 2 heterocycles. The standard InChI is InChI=1S/C22H18Cl2F3N3O2S/c1-11(2)32-18(31)10-17-20-28-29-21(22(25,26)27)30(20)16-8-7-12(23)9-14(16)19(33-17)13-5-3-4-6-15(13)24/h3-9,11,17,19H,10H2,1-2H3. The zero-order valence-electron chi connectivity index (χ0n) is 17.4. The molecule has 1 aliphatic heterocycles. The highest BCUT2D eigenvalue weighted by molar-refractivity contribution is 8.00. The van der Waals surface area contributed by atoms with Crippen LogP contribution in [0.4, 0.5) is 13.2 Å². The number of fused-ring (bicyclic) bond motifs is 3. The Morgan fingerprint density at radius 3 is 2.55 bits per heavy atom. The molecule has 0 aliphatic carbocycles. The second-order valence-corrected chi connectivity index (χ2v) is 9.84. The molecule has 1 aromatic heterocycles. The van der Waals surface area contributed by atoms with Gasteiger partial charge in [0, 0.05) is 10.0 Å². The van der Waals surface area contributed by atoms with Gasteiger partial charge in [-0.05, 0) is 49.2 Å². The number of esters is 1. The molecule has 0 bridgehead atoms. The van der Waals surface area contributed by atoms with Crippen LogP contribution < -0.4 is 0 Å². The average molecular weight is 516 g/mol. The minimum Gasteiger partial charge on any atom is -0.463 e. The summed E-state index contributed by atoms with van der Waals surface area (Å²) in [6.45, 7) is 3.40. The second-order valence-electron chi connectivity index (χ2n) is 7.69. The lowest BCUT2D eigenvalue weighted by Gasteiger charge is -2.22. The quantitative estimate of drug-likeness (QED) is 0.357. The maximum atomic E-state index is 13.9. The molecule has 33 heavy (non-hydrogen) atoms. The van der Waals surface area contributed by atoms with Crippen molar-refractivity contribution in [2.24, 2.45) is 0 Å². The van der Waals surface area contributed by atoms with Gasteiger partial charge in [-0.2, -0.15) is 13.2 Å². The predicted molar refractivity (Wildman–Crippen MR) is 121 cm³/mol. The van der Waals surface area contributed by atoms with E-state index in [-0.39, 0.29) is 24.0 Å². The third-order valence-corrected chi connectivity index (χ3v) is 7.02. The number of carbonyl (C=O) groups excluding carboxylic acids is 1. The number of thioether (sulfide) groups is 1. The Labute approximate surface area is 202 Å². The summed E-state index contributed by atoms with van der Waals surface area (Å²) in [6, 6.07) is 11.7. The van der Waals surface area contributed by atoms with Crippen molar-refractivity contribution < 1.29 is 22.7 Å². The molecule has 0 radical (unpaired) electrons. The SMILES string of the molecule is CC(C)OC(=O)CC1SC(c2ccccc2Cl)c2cc(Cl)ccc2-n2c1nnc2C(F)(F)F. The molecule has 2 aromatic carbocycles. The van der Waals surface area contributed by atoms with Crippen LogP contribution in [0.2, 0.25) is 10.0 Å². The fourth-order valence-electron chi connectivity index (χ4n) is 3.69. The van der Waals surface area contributed by atoms with Crippen LogP contribution in [0.1, 0.15) is 53.5 Å². The van der Waals surface area contributed by atoms with Gasteiger partial charge in [0.25, 0.3) is 0 Å². The van der Waals surface area contributed by atoms with Crippen molar-refractivity contribution in [3.8, 4) is 5.69 Å². The molecule has 174 valence electrons. The van der Waals surface area contributed by atoms with E-state index in [2.05, 4.69) is 10.2 Å². The summed E-state index contributed by atoms with van der Waals surface area (Å²) in [6.07, 6.45) is -5.33. The van der Waals surface area contributed by atoms with Gasteiger partial charge in [0.1, 0.15) is 0 Å². The lowest BCUT2D eigenvalue weighted by Crippen LogP contribution is -2.18. The number of benzene rings is 2. The molecule has 0 N–H and O–H groups in total. The molecule has 0 saturated heterocycles. The van der Waals surface area contributed by atoms with Crippen LogP contribution in [0, 0.1) is 0 Å². The Morgan fingerprint density at radius 1 is 1.15 bits per heavy atom. The zero-order valence-corrected chi connectivity index (χ0v) is 19.8. The summed E-state index contributed by atoms with van der Waals surface area (Å²) in [7, 11) is 0. The highest BCUT2D eigenvalue weighted by atomic mass is 35.5. The number of rotatable bonds is 4. The minimum absolute atomic E-state index is 0.00570. The fraction of sp³-hybridized carbons (Fsp3) is 0.318. The summed E-state index contributed by atoms with van der Waals surface area (Å²) in [4.78, 5) is 12.5. The van der Waals surface area contributed by atoms with Gasteiger partial charge < -0.3 is 4.74 Å². The third-order valence-electron chi connectivity index (χ3n) is 4.95. The summed E-state index contributed by atoms with van der Waals surface area (Å²) in [5.41, 5.74) is 1.41. The van der Waals surface area contributed by atoms with E-state index in [0.29, 0.717) is 21.2 Å². The van der Waals surface area contributed by atoms with Crippen LogP contribution in [-0.2, 0) is 15.7 Å². The van der Waals surface area contributed by atoms with Gasteiger partial charge in [-0.25, -0.2) is 0 Å². The van der Waals surface area contributed by atoms with Crippen LogP contribution in [0.3, 0.4) is 0 Å². The maximum absolute atomic E-state index is 13.9. The van der Waals surface area contributed by atoms with Crippen molar-refractivity contribution in [3.05, 3.63) is 75.3 Å². The van der Waals surface area contributed by atoms with Crippen LogP contribution in [-0.4, -0.2) is 26.8 Å². The Hall–Kier alpha value is -2.23. The summed E-state index contributed by atoms with van der Waals surface area (Å²) in [5.74, 6) is -1.72. The molecule has 0 fully saturated rings. The predicted octanol–water partition coefficient (Wildman–Crippen LogP) is 6.81. The summed E-state index contributed by atoms with van der Waals surface area (Å²) >= 11 is 14.0. The molecule has 4 rings (SSSR count). The number of hydrogen-bond donors (Lipinski definition) is 0. The highest BCUT2D eigenvalue weighted by Gasteiger charge is 2.43. The Balaban J connectivity index is 1.95. The number of carbonyl (C=O) groups is 1. The van der Waals surface area contributed by atoms with Crippen LogP contribution >= 0.6 is 35.0 Å². The van der Waals surface area contributed by atoms with E-state index < -0.39 is 28.5 Å². The maximum Gasteiger partial charge on any atom is 0.452 e. The van der Waals surface area contributed by atoms with Crippen molar-refractivity contribution in [2.75, 3.05) is 0 Å². The minimum atomic E-state index is -4.76. The van der Waals surface area contributed by atoms with E-state index >= 15 is 0 Å². The smallest absolute Gasteiger partial charge is 0.452 e. The number of hydrogen-bond acceptors (Lipinski definition) is 5. The van der Waals surface area contributed by atoms with E-state index in [9.17, 15) is 18.0 Å². The van der Waals surface area contributed by atoms with E-state index in [0.717, 1.165) is 4.57 Å². The van der Waals surface area contributed by atoms with Crippen LogP contribution in [0.15, 0.2) is 42.5 Å². The van der Waals surface area contributed by atoms with E-state index in [4.69, 9.17) is 27.9 Å². The topological polar surface area (TPSA) is 57.0 Å². The first-order valence-corrected chi connectivity index (χ1v) is 11.7. The molecule has 0 spiro atoms. The molecule has 2 unspecified atom stereocenters. The first-order chi connectivity index (χ1) is 15.6. The number of alkyl halides is 3. The van der Waals surface area contributed by atoms with Crippen LogP contribution in [0.25, 0.3) is 5.69 Å². The molecule has 0 saturated carbocycles. The van der Waals surface area contributed by atoms with Crippen molar-refractivity contribution in [1.82, 2.24) is 14.8 Å². The first kappa shape index (κ1) is 23.9. The number of halogens is 5. The van der Waals surface area contributed by atoms with Gasteiger partial charge in [0.15, 0.2) is 5.82 Å². The highest BCUT2D eigenvalue weighted by Crippen LogP contribution is 2.53. The normalized spacial score (nSPS) is 17.9. The molecule has 1 aliphatic rings. The van der Waals surface area contributed by atoms with Crippen LogP contribution in [0.5, 0.6) is 0 Å². The van der Waals surface area contributed by atoms with Gasteiger partial charge in [0.05, 0.1) is 28.7 Å². The number of aromatic nitrogens is 3. The van der Waals surface area contributed by atoms with Crippen molar-refractivity contribution in [3.63, 3.8) is 0 Å². The lowest BCUT2D eigenvalue weighted by molar-refractivity contribution is -0.147. The average Bonchev–Trinajstić information content (AvgIpc) is 3.12. The van der Waals surface area contributed by atoms with Gasteiger partial charge in [-0.1, -0.05) is 41.4 Å².